The zero-order valence-electron chi connectivity index (χ0n) is 10.5. The van der Waals surface area contributed by atoms with Gasteiger partial charge < -0.3 is 15.5 Å². The van der Waals surface area contributed by atoms with Crippen molar-refractivity contribution in [2.24, 2.45) is 0 Å². The first-order valence-electron chi connectivity index (χ1n) is 5.68. The van der Waals surface area contributed by atoms with Crippen LogP contribution in [0.3, 0.4) is 0 Å². The third kappa shape index (κ3) is 3.18. The number of carboxylic acids is 2. The van der Waals surface area contributed by atoms with Gasteiger partial charge in [0.15, 0.2) is 11.4 Å². The normalized spacial score (nSPS) is 9.90. The van der Waals surface area contributed by atoms with Crippen LogP contribution in [0.2, 0.25) is 0 Å². The number of carbonyl (C=O) groups excluding carboxylic acids is 1. The zero-order chi connectivity index (χ0) is 15.4. The monoisotopic (exact) mass is 287 g/mol. The number of hydrogen-bond donors (Lipinski definition) is 3. The van der Waals surface area contributed by atoms with Crippen molar-refractivity contribution in [3.8, 4) is 0 Å². The zero-order valence-corrected chi connectivity index (χ0v) is 10.5. The van der Waals surface area contributed by atoms with E-state index in [2.05, 4.69) is 15.3 Å². The molecular weight excluding hydrogens is 278 g/mol. The van der Waals surface area contributed by atoms with Gasteiger partial charge >= 0.3 is 11.9 Å². The number of nitrogens with zero attached hydrogens (tertiary/aromatic N) is 2. The van der Waals surface area contributed by atoms with Gasteiger partial charge in [0.05, 0.1) is 5.56 Å². The highest BCUT2D eigenvalue weighted by Gasteiger charge is 2.19. The molecule has 0 unspecified atom stereocenters. The van der Waals surface area contributed by atoms with E-state index in [9.17, 15) is 14.4 Å². The van der Waals surface area contributed by atoms with Gasteiger partial charge in [0.25, 0.3) is 5.91 Å². The molecule has 1 aromatic heterocycles. The van der Waals surface area contributed by atoms with Crippen molar-refractivity contribution in [3.63, 3.8) is 0 Å². The lowest BCUT2D eigenvalue weighted by Gasteiger charge is -2.06. The average Bonchev–Trinajstić information content (AvgIpc) is 2.47. The second-order valence-corrected chi connectivity index (χ2v) is 3.90. The fourth-order valence-electron chi connectivity index (χ4n) is 1.55. The van der Waals surface area contributed by atoms with Gasteiger partial charge in [0.1, 0.15) is 0 Å². The first kappa shape index (κ1) is 14.1. The quantitative estimate of drug-likeness (QED) is 0.768. The molecule has 0 saturated carbocycles. The average molecular weight is 287 g/mol. The smallest absolute Gasteiger partial charge is 0.356 e. The van der Waals surface area contributed by atoms with Gasteiger partial charge in [-0.2, -0.15) is 0 Å². The van der Waals surface area contributed by atoms with Gasteiger partial charge in [-0.25, -0.2) is 19.6 Å². The van der Waals surface area contributed by atoms with E-state index in [1.807, 2.05) is 0 Å². The largest absolute Gasteiger partial charge is 0.478 e. The van der Waals surface area contributed by atoms with E-state index in [-0.39, 0.29) is 11.3 Å². The van der Waals surface area contributed by atoms with E-state index in [0.717, 1.165) is 0 Å². The van der Waals surface area contributed by atoms with Crippen molar-refractivity contribution < 1.29 is 24.6 Å². The molecule has 21 heavy (non-hydrogen) atoms. The Morgan fingerprint density at radius 3 is 1.95 bits per heavy atom. The molecule has 106 valence electrons. The minimum atomic E-state index is -1.37. The molecule has 0 aliphatic carbocycles. The summed E-state index contributed by atoms with van der Waals surface area (Å²) in [5.41, 5.74) is -0.407. The summed E-state index contributed by atoms with van der Waals surface area (Å²) in [5, 5.41) is 20.1. The van der Waals surface area contributed by atoms with Gasteiger partial charge in [-0.05, 0) is 24.3 Å². The summed E-state index contributed by atoms with van der Waals surface area (Å²) in [4.78, 5) is 40.9. The number of benzene rings is 1. The number of hydrogen-bond acceptors (Lipinski definition) is 5. The summed E-state index contributed by atoms with van der Waals surface area (Å²) >= 11 is 0. The topological polar surface area (TPSA) is 129 Å². The molecule has 0 aliphatic rings. The molecule has 0 fully saturated rings. The highest BCUT2D eigenvalue weighted by Crippen LogP contribution is 2.12. The summed E-state index contributed by atoms with van der Waals surface area (Å²) in [6, 6.07) is 5.40. The standard InChI is InChI=1S/C13H9N3O5/c17-11(9-10(13(20)21)15-6-5-14-9)16-8-3-1-7(2-4-8)12(18)19/h1-6H,(H,16,17)(H,18,19)(H,20,21). The lowest BCUT2D eigenvalue weighted by atomic mass is 10.2. The van der Waals surface area contributed by atoms with Crippen molar-refractivity contribution in [3.05, 3.63) is 53.6 Å². The number of anilines is 1. The minimum Gasteiger partial charge on any atom is -0.478 e. The van der Waals surface area contributed by atoms with Gasteiger partial charge in [0, 0.05) is 18.1 Å². The molecule has 0 spiro atoms. The van der Waals surface area contributed by atoms with Crippen molar-refractivity contribution in [1.82, 2.24) is 9.97 Å². The molecule has 0 radical (unpaired) electrons. The van der Waals surface area contributed by atoms with Crippen LogP contribution in [0, 0.1) is 0 Å². The molecule has 0 aliphatic heterocycles. The van der Waals surface area contributed by atoms with Gasteiger partial charge in [-0.3, -0.25) is 4.79 Å². The second kappa shape index (κ2) is 5.78. The van der Waals surface area contributed by atoms with E-state index in [1.54, 1.807) is 0 Å². The van der Waals surface area contributed by atoms with Gasteiger partial charge in [0.2, 0.25) is 0 Å². The van der Waals surface area contributed by atoms with Crippen LogP contribution >= 0.6 is 0 Å². The van der Waals surface area contributed by atoms with Crippen LogP contribution in [-0.2, 0) is 0 Å². The Kier molecular flexibility index (Phi) is 3.89. The van der Waals surface area contributed by atoms with E-state index in [4.69, 9.17) is 10.2 Å². The van der Waals surface area contributed by atoms with Crippen molar-refractivity contribution in [2.75, 3.05) is 5.32 Å². The third-order valence-electron chi connectivity index (χ3n) is 2.51. The molecule has 2 rings (SSSR count). The Balaban J connectivity index is 2.22. The number of carbonyl (C=O) groups is 3. The van der Waals surface area contributed by atoms with Crippen LogP contribution in [0.4, 0.5) is 5.69 Å². The number of rotatable bonds is 4. The van der Waals surface area contributed by atoms with Gasteiger partial charge in [-0.1, -0.05) is 0 Å². The Bertz CT molecular complexity index is 712. The maximum Gasteiger partial charge on any atom is 0.356 e. The molecule has 1 aromatic carbocycles. The SMILES string of the molecule is O=C(O)c1ccc(NC(=O)c2nccnc2C(=O)O)cc1. The highest BCUT2D eigenvalue weighted by molar-refractivity contribution is 6.08. The summed E-state index contributed by atoms with van der Waals surface area (Å²) in [6.45, 7) is 0. The fourth-order valence-corrected chi connectivity index (χ4v) is 1.55. The van der Waals surface area contributed by atoms with Crippen molar-refractivity contribution in [2.45, 2.75) is 0 Å². The maximum atomic E-state index is 12.0. The highest BCUT2D eigenvalue weighted by atomic mass is 16.4. The van der Waals surface area contributed by atoms with E-state index < -0.39 is 23.5 Å². The predicted molar refractivity (Wildman–Crippen MR) is 70.3 cm³/mol. The molecule has 2 aromatic rings. The van der Waals surface area contributed by atoms with E-state index in [1.165, 1.54) is 36.7 Å². The first-order chi connectivity index (χ1) is 9.99. The summed E-state index contributed by atoms with van der Waals surface area (Å²) in [5.74, 6) is -3.20. The number of amides is 1. The number of carboxylic acid groups (broad SMARTS) is 2. The molecule has 8 heteroatoms. The van der Waals surface area contributed by atoms with E-state index in [0.29, 0.717) is 5.69 Å². The molecule has 0 bridgehead atoms. The molecule has 1 amide bonds. The van der Waals surface area contributed by atoms with Crippen LogP contribution in [0.25, 0.3) is 0 Å². The Morgan fingerprint density at radius 1 is 0.857 bits per heavy atom. The summed E-state index contributed by atoms with van der Waals surface area (Å²) < 4.78 is 0. The minimum absolute atomic E-state index is 0.0683. The lowest BCUT2D eigenvalue weighted by Crippen LogP contribution is -2.19. The number of aromatic nitrogens is 2. The molecule has 0 atom stereocenters. The van der Waals surface area contributed by atoms with Gasteiger partial charge in [-0.15, -0.1) is 0 Å². The number of nitrogens with one attached hydrogen (secondary N) is 1. The van der Waals surface area contributed by atoms with Crippen molar-refractivity contribution >= 4 is 23.5 Å². The fraction of sp³-hybridized carbons (Fsp3) is 0. The van der Waals surface area contributed by atoms with Crippen LogP contribution in [0.15, 0.2) is 36.7 Å². The molecule has 0 saturated heterocycles. The first-order valence-corrected chi connectivity index (χ1v) is 5.68. The van der Waals surface area contributed by atoms with Crippen LogP contribution in [0.1, 0.15) is 31.3 Å². The lowest BCUT2D eigenvalue weighted by molar-refractivity contribution is 0.0679. The predicted octanol–water partition coefficient (Wildman–Crippen LogP) is 1.13. The van der Waals surface area contributed by atoms with Crippen LogP contribution < -0.4 is 5.32 Å². The second-order valence-electron chi connectivity index (χ2n) is 3.90. The Labute approximate surface area is 118 Å². The number of aromatic carboxylic acids is 2. The third-order valence-corrected chi connectivity index (χ3v) is 2.51. The van der Waals surface area contributed by atoms with E-state index >= 15 is 0 Å². The maximum absolute atomic E-state index is 12.0. The summed E-state index contributed by atoms with van der Waals surface area (Å²) in [6.07, 6.45) is 2.37. The molecule has 8 nitrogen and oxygen atoms in total. The summed E-state index contributed by atoms with van der Waals surface area (Å²) in [7, 11) is 0. The van der Waals surface area contributed by atoms with Crippen LogP contribution in [0.5, 0.6) is 0 Å². The molecule has 3 N–H and O–H groups in total. The van der Waals surface area contributed by atoms with Crippen molar-refractivity contribution in [1.29, 1.82) is 0 Å². The van der Waals surface area contributed by atoms with Crippen LogP contribution in [-0.4, -0.2) is 38.0 Å². The Morgan fingerprint density at radius 2 is 1.43 bits per heavy atom. The Hall–Kier alpha value is -3.29. The molecule has 1 heterocycles. The molecular formula is C13H9N3O5.